The first kappa shape index (κ1) is 22.7. The van der Waals surface area contributed by atoms with Crippen LogP contribution in [-0.2, 0) is 27.2 Å². The number of rotatable bonds is 9. The molecule has 0 bridgehead atoms. The van der Waals surface area contributed by atoms with Crippen molar-refractivity contribution in [3.05, 3.63) is 16.0 Å². The molecule has 1 unspecified atom stereocenters. The second-order valence-corrected chi connectivity index (χ2v) is 9.14. The van der Waals surface area contributed by atoms with Gasteiger partial charge in [0.1, 0.15) is 5.00 Å². The van der Waals surface area contributed by atoms with Gasteiger partial charge in [0.25, 0.3) is 5.91 Å². The average molecular weight is 437 g/mol. The van der Waals surface area contributed by atoms with Crippen LogP contribution in [0.25, 0.3) is 0 Å². The van der Waals surface area contributed by atoms with Gasteiger partial charge in [-0.1, -0.05) is 0 Å². The molecule has 9 heteroatoms. The van der Waals surface area contributed by atoms with Crippen molar-refractivity contribution in [2.24, 2.45) is 11.7 Å². The van der Waals surface area contributed by atoms with E-state index in [1.54, 1.807) is 7.11 Å². The summed E-state index contributed by atoms with van der Waals surface area (Å²) >= 11 is 1.47. The number of likely N-dealkylation sites (tertiary alicyclic amines) is 1. The second kappa shape index (κ2) is 10.4. The lowest BCUT2D eigenvalue weighted by molar-refractivity contribution is -0.127. The van der Waals surface area contributed by atoms with Crippen molar-refractivity contribution in [1.82, 2.24) is 10.2 Å². The minimum atomic E-state index is -0.477. The predicted molar refractivity (Wildman–Crippen MR) is 117 cm³/mol. The molecule has 1 aliphatic heterocycles. The van der Waals surface area contributed by atoms with Crippen LogP contribution in [0, 0.1) is 5.92 Å². The van der Waals surface area contributed by atoms with Gasteiger partial charge in [-0.05, 0) is 64.1 Å². The van der Waals surface area contributed by atoms with Crippen LogP contribution in [0.15, 0.2) is 0 Å². The minimum Gasteiger partial charge on any atom is -0.385 e. The van der Waals surface area contributed by atoms with Gasteiger partial charge in [-0.25, -0.2) is 0 Å². The summed E-state index contributed by atoms with van der Waals surface area (Å²) in [6.45, 7) is 4.50. The number of thiophene rings is 1. The molecule has 3 amide bonds. The molecule has 1 atom stereocenters. The van der Waals surface area contributed by atoms with E-state index in [9.17, 15) is 14.4 Å². The van der Waals surface area contributed by atoms with Crippen molar-refractivity contribution >= 4 is 34.1 Å². The van der Waals surface area contributed by atoms with Crippen LogP contribution in [0.4, 0.5) is 5.00 Å². The third kappa shape index (κ3) is 5.19. The minimum absolute atomic E-state index is 0.0132. The highest BCUT2D eigenvalue weighted by molar-refractivity contribution is 7.17. The van der Waals surface area contributed by atoms with Crippen LogP contribution in [0.1, 0.15) is 53.4 Å². The van der Waals surface area contributed by atoms with E-state index >= 15 is 0 Å². The van der Waals surface area contributed by atoms with Gasteiger partial charge in [0.2, 0.25) is 11.8 Å². The van der Waals surface area contributed by atoms with Gasteiger partial charge < -0.3 is 21.1 Å². The Kier molecular flexibility index (Phi) is 7.85. The lowest BCUT2D eigenvalue weighted by Gasteiger charge is -2.34. The van der Waals surface area contributed by atoms with E-state index in [0.717, 1.165) is 49.0 Å². The fourth-order valence-corrected chi connectivity index (χ4v) is 5.55. The van der Waals surface area contributed by atoms with E-state index in [0.29, 0.717) is 36.8 Å². The Balaban J connectivity index is 1.51. The topological polar surface area (TPSA) is 114 Å². The zero-order valence-electron chi connectivity index (χ0n) is 17.8. The van der Waals surface area contributed by atoms with Crippen LogP contribution in [0.2, 0.25) is 0 Å². The normalized spacial score (nSPS) is 18.1. The number of hydrogen-bond donors (Lipinski definition) is 3. The van der Waals surface area contributed by atoms with Gasteiger partial charge in [0, 0.05) is 31.1 Å². The molecule has 1 fully saturated rings. The molecule has 1 aromatic rings. The highest BCUT2D eigenvalue weighted by atomic mass is 32.1. The fraction of sp³-hybridized carbons (Fsp3) is 0.667. The number of piperidine rings is 1. The predicted octanol–water partition coefficient (Wildman–Crippen LogP) is 1.53. The Hall–Kier alpha value is -1.97. The number of carbonyl (C=O) groups excluding carboxylic acids is 3. The van der Waals surface area contributed by atoms with Gasteiger partial charge in [0.15, 0.2) is 0 Å². The number of anilines is 1. The van der Waals surface area contributed by atoms with Crippen LogP contribution >= 0.6 is 11.3 Å². The van der Waals surface area contributed by atoms with Crippen molar-refractivity contribution in [2.75, 3.05) is 38.7 Å². The van der Waals surface area contributed by atoms with Gasteiger partial charge in [0.05, 0.1) is 11.6 Å². The molecule has 30 heavy (non-hydrogen) atoms. The van der Waals surface area contributed by atoms with Crippen molar-refractivity contribution in [3.63, 3.8) is 0 Å². The third-order valence-electron chi connectivity index (χ3n) is 6.06. The summed E-state index contributed by atoms with van der Waals surface area (Å²) in [6.07, 6.45) is 5.07. The van der Waals surface area contributed by atoms with E-state index in [-0.39, 0.29) is 23.8 Å². The van der Waals surface area contributed by atoms with E-state index in [1.165, 1.54) is 11.3 Å². The first-order valence-corrected chi connectivity index (χ1v) is 11.5. The summed E-state index contributed by atoms with van der Waals surface area (Å²) in [7, 11) is 1.65. The number of ether oxygens (including phenoxy) is 1. The van der Waals surface area contributed by atoms with Crippen molar-refractivity contribution in [3.8, 4) is 0 Å². The van der Waals surface area contributed by atoms with Crippen molar-refractivity contribution < 1.29 is 19.1 Å². The summed E-state index contributed by atoms with van der Waals surface area (Å²) < 4.78 is 4.99. The number of methoxy groups -OCH3 is 1. The molecule has 2 heterocycles. The Morgan fingerprint density at radius 1 is 1.27 bits per heavy atom. The van der Waals surface area contributed by atoms with E-state index in [1.807, 2.05) is 6.92 Å². The summed E-state index contributed by atoms with van der Waals surface area (Å²) in [5.74, 6) is -0.544. The molecule has 1 saturated heterocycles. The third-order valence-corrected chi connectivity index (χ3v) is 7.26. The summed E-state index contributed by atoms with van der Waals surface area (Å²) in [4.78, 5) is 40.3. The first-order chi connectivity index (χ1) is 14.4. The van der Waals surface area contributed by atoms with Crippen LogP contribution in [0.3, 0.4) is 0 Å². The highest BCUT2D eigenvalue weighted by Gasteiger charge is 2.31. The Morgan fingerprint density at radius 2 is 2.00 bits per heavy atom. The number of hydrogen-bond acceptors (Lipinski definition) is 6. The molecule has 0 aromatic carbocycles. The standard InChI is InChI=1S/C21H32N4O4S/c1-13(25-10-7-14(8-11-25)20(28)23-9-4-12-29-2)19(27)24-21-17(18(22)26)15-5-3-6-16(15)30-21/h13-14H,3-12H2,1-2H3,(H2,22,26)(H,23,28)(H,24,27). The number of nitrogens with zero attached hydrogens (tertiary/aromatic N) is 1. The van der Waals surface area contributed by atoms with Gasteiger partial charge in [-0.2, -0.15) is 0 Å². The fourth-order valence-electron chi connectivity index (χ4n) is 4.26. The molecular weight excluding hydrogens is 404 g/mol. The van der Waals surface area contributed by atoms with Crippen molar-refractivity contribution in [1.29, 1.82) is 0 Å². The summed E-state index contributed by atoms with van der Waals surface area (Å²) in [5.41, 5.74) is 7.07. The monoisotopic (exact) mass is 436 g/mol. The molecular formula is C21H32N4O4S. The lowest BCUT2D eigenvalue weighted by Crippen LogP contribution is -2.48. The van der Waals surface area contributed by atoms with Crippen molar-refractivity contribution in [2.45, 2.75) is 51.5 Å². The molecule has 8 nitrogen and oxygen atoms in total. The number of primary amides is 1. The van der Waals surface area contributed by atoms with E-state index in [4.69, 9.17) is 10.5 Å². The molecule has 4 N–H and O–H groups in total. The largest absolute Gasteiger partial charge is 0.385 e. The molecule has 3 rings (SSSR count). The summed E-state index contributed by atoms with van der Waals surface area (Å²) in [5, 5.41) is 6.48. The molecule has 0 spiro atoms. The highest BCUT2D eigenvalue weighted by Crippen LogP contribution is 2.39. The number of amides is 3. The lowest BCUT2D eigenvalue weighted by atomic mass is 9.95. The SMILES string of the molecule is COCCCNC(=O)C1CCN(C(C)C(=O)Nc2sc3c(c2C(N)=O)CCC3)CC1. The molecule has 0 radical (unpaired) electrons. The second-order valence-electron chi connectivity index (χ2n) is 8.04. The number of nitrogens with one attached hydrogen (secondary N) is 2. The molecule has 2 aliphatic rings. The maximum Gasteiger partial charge on any atom is 0.251 e. The number of fused-ring (bicyclic) bond motifs is 1. The Labute approximate surface area is 181 Å². The molecule has 1 aromatic heterocycles. The van der Waals surface area contributed by atoms with Gasteiger partial charge in [-0.3, -0.25) is 19.3 Å². The molecule has 1 aliphatic carbocycles. The summed E-state index contributed by atoms with van der Waals surface area (Å²) in [6, 6.07) is -0.339. The molecule has 166 valence electrons. The number of carbonyl (C=O) groups is 3. The zero-order chi connectivity index (χ0) is 21.7. The van der Waals surface area contributed by atoms with E-state index < -0.39 is 5.91 Å². The average Bonchev–Trinajstić information content (AvgIpc) is 3.31. The quantitative estimate of drug-likeness (QED) is 0.508. The van der Waals surface area contributed by atoms with E-state index in [2.05, 4.69) is 15.5 Å². The number of aryl methyl sites for hydroxylation is 1. The van der Waals surface area contributed by atoms with Crippen LogP contribution in [-0.4, -0.2) is 62.0 Å². The maximum atomic E-state index is 12.8. The van der Waals surface area contributed by atoms with Gasteiger partial charge >= 0.3 is 0 Å². The van der Waals surface area contributed by atoms with Crippen LogP contribution in [0.5, 0.6) is 0 Å². The Morgan fingerprint density at radius 3 is 2.67 bits per heavy atom. The smallest absolute Gasteiger partial charge is 0.251 e. The number of nitrogens with two attached hydrogens (primary N) is 1. The van der Waals surface area contributed by atoms with Crippen LogP contribution < -0.4 is 16.4 Å². The maximum absolute atomic E-state index is 12.8. The Bertz CT molecular complexity index is 786. The van der Waals surface area contributed by atoms with Gasteiger partial charge in [-0.15, -0.1) is 11.3 Å². The molecule has 0 saturated carbocycles. The first-order valence-electron chi connectivity index (χ1n) is 10.7. The zero-order valence-corrected chi connectivity index (χ0v) is 18.6.